The van der Waals surface area contributed by atoms with Crippen molar-refractivity contribution in [2.75, 3.05) is 0 Å². The Bertz CT molecular complexity index is 728. The predicted octanol–water partition coefficient (Wildman–Crippen LogP) is 4.87. The quantitative estimate of drug-likeness (QED) is 0.705. The van der Waals surface area contributed by atoms with E-state index >= 15 is 0 Å². The molecule has 1 heteroatoms. The van der Waals surface area contributed by atoms with Gasteiger partial charge in [0, 0.05) is 21.3 Å². The zero-order chi connectivity index (χ0) is 18.1. The van der Waals surface area contributed by atoms with Gasteiger partial charge in [-0.15, -0.1) is 0 Å². The van der Waals surface area contributed by atoms with E-state index in [1.807, 2.05) is 13.0 Å². The highest BCUT2D eigenvalue weighted by molar-refractivity contribution is 5.61. The Morgan fingerprint density at radius 1 is 1.14 bits per heavy atom. The average molecular weight is 285 g/mol. The van der Waals surface area contributed by atoms with Gasteiger partial charge in [0.15, 0.2) is 6.20 Å². The van der Waals surface area contributed by atoms with E-state index in [1.54, 1.807) is 12.1 Å². The van der Waals surface area contributed by atoms with Gasteiger partial charge < -0.3 is 0 Å². The van der Waals surface area contributed by atoms with Gasteiger partial charge in [0.2, 0.25) is 5.69 Å². The van der Waals surface area contributed by atoms with Gasteiger partial charge >= 0.3 is 0 Å². The summed E-state index contributed by atoms with van der Waals surface area (Å²) >= 11 is 0. The fourth-order valence-corrected chi connectivity index (χ4v) is 2.85. The van der Waals surface area contributed by atoms with Crippen LogP contribution in [0.5, 0.6) is 0 Å². The smallest absolute Gasteiger partial charge is 0.201 e. The number of aryl methyl sites for hydroxylation is 3. The zero-order valence-electron chi connectivity index (χ0n) is 16.8. The van der Waals surface area contributed by atoms with E-state index in [-0.39, 0.29) is 5.41 Å². The molecule has 0 spiro atoms. The van der Waals surface area contributed by atoms with Crippen LogP contribution in [0.1, 0.15) is 54.4 Å². The van der Waals surface area contributed by atoms with Crippen LogP contribution in [0.3, 0.4) is 0 Å². The number of nitrogens with zero attached hydrogens (tertiary/aromatic N) is 1. The van der Waals surface area contributed by atoms with E-state index in [0.29, 0.717) is 5.56 Å². The first-order valence-electron chi connectivity index (χ1n) is 9.24. The molecule has 0 saturated carbocycles. The van der Waals surface area contributed by atoms with E-state index in [4.69, 9.17) is 4.11 Å². The maximum Gasteiger partial charge on any atom is 0.212 e. The molecule has 0 unspecified atom stereocenters. The molecule has 1 aromatic carbocycles. The molecule has 1 heterocycles. The van der Waals surface area contributed by atoms with Crippen LogP contribution < -0.4 is 4.57 Å². The summed E-state index contributed by atoms with van der Waals surface area (Å²) in [5, 5.41) is 0. The lowest BCUT2D eigenvalue weighted by Crippen LogP contribution is -2.34. The Morgan fingerprint density at radius 2 is 1.86 bits per heavy atom. The molecule has 21 heavy (non-hydrogen) atoms. The largest absolute Gasteiger partial charge is 0.212 e. The minimum atomic E-state index is -2.06. The van der Waals surface area contributed by atoms with Crippen LogP contribution in [0.25, 0.3) is 11.3 Å². The Balaban J connectivity index is 2.48. The second-order valence-corrected chi connectivity index (χ2v) is 6.21. The fraction of sp³-hybridized carbons (Fsp3) is 0.450. The van der Waals surface area contributed by atoms with Crippen molar-refractivity contribution in [2.45, 2.75) is 52.8 Å². The molecule has 0 saturated heterocycles. The second kappa shape index (κ2) is 6.01. The average Bonchev–Trinajstić information content (AvgIpc) is 2.53. The lowest BCUT2D eigenvalue weighted by atomic mass is 9.78. The van der Waals surface area contributed by atoms with Crippen molar-refractivity contribution >= 4 is 0 Å². The molecule has 2 rings (SSSR count). The first-order valence-corrected chi connectivity index (χ1v) is 7.74. The molecular formula is C20H28N+. The summed E-state index contributed by atoms with van der Waals surface area (Å²) in [6.45, 7) is 6.68. The fourth-order valence-electron chi connectivity index (χ4n) is 2.85. The molecule has 0 N–H and O–H groups in total. The third kappa shape index (κ3) is 3.02. The molecule has 0 atom stereocenters. The van der Waals surface area contributed by atoms with Gasteiger partial charge in [-0.3, -0.25) is 0 Å². The van der Waals surface area contributed by atoms with Gasteiger partial charge in [-0.2, -0.15) is 0 Å². The van der Waals surface area contributed by atoms with Gasteiger partial charge in [-0.1, -0.05) is 38.5 Å². The molecule has 2 aromatic rings. The molecule has 0 bridgehead atoms. The first-order chi connectivity index (χ1) is 11.1. The van der Waals surface area contributed by atoms with Crippen molar-refractivity contribution in [1.29, 1.82) is 0 Å². The highest BCUT2D eigenvalue weighted by Gasteiger charge is 2.25. The summed E-state index contributed by atoms with van der Waals surface area (Å²) in [4.78, 5) is 0. The van der Waals surface area contributed by atoms with Crippen LogP contribution in [0, 0.1) is 13.8 Å². The maximum absolute atomic E-state index is 7.55. The summed E-state index contributed by atoms with van der Waals surface area (Å²) in [6.07, 6.45) is 4.42. The first kappa shape index (κ1) is 12.0. The van der Waals surface area contributed by atoms with Crippen molar-refractivity contribution in [3.63, 3.8) is 0 Å². The van der Waals surface area contributed by atoms with Crippen molar-refractivity contribution in [3.8, 4) is 11.3 Å². The second-order valence-electron chi connectivity index (χ2n) is 6.21. The SMILES string of the molecule is [2H]C([2H])([2H])c1ccc(-c2ccc(C(C)(CC)CC)c[n+]2C)c(C)c1. The molecule has 0 radical (unpaired) electrons. The van der Waals surface area contributed by atoms with Crippen LogP contribution in [-0.2, 0) is 12.5 Å². The van der Waals surface area contributed by atoms with Crippen LogP contribution in [-0.4, -0.2) is 0 Å². The summed E-state index contributed by atoms with van der Waals surface area (Å²) < 4.78 is 24.8. The normalized spacial score (nSPS) is 14.4. The Morgan fingerprint density at radius 3 is 2.38 bits per heavy atom. The van der Waals surface area contributed by atoms with Gasteiger partial charge in [-0.05, 0) is 49.7 Å². The van der Waals surface area contributed by atoms with Gasteiger partial charge in [0.25, 0.3) is 0 Å². The Labute approximate surface area is 133 Å². The minimum Gasteiger partial charge on any atom is -0.201 e. The minimum absolute atomic E-state index is 0.191. The molecule has 1 nitrogen and oxygen atoms in total. The lowest BCUT2D eigenvalue weighted by Gasteiger charge is -2.26. The van der Waals surface area contributed by atoms with Crippen molar-refractivity contribution in [1.82, 2.24) is 0 Å². The Hall–Kier alpha value is -1.63. The third-order valence-electron chi connectivity index (χ3n) is 4.89. The Kier molecular flexibility index (Phi) is 3.42. The number of hydrogen-bond acceptors (Lipinski definition) is 0. The van der Waals surface area contributed by atoms with E-state index < -0.39 is 6.85 Å². The number of aromatic nitrogens is 1. The van der Waals surface area contributed by atoms with Crippen molar-refractivity contribution < 1.29 is 8.68 Å². The van der Waals surface area contributed by atoms with Gasteiger partial charge in [0.1, 0.15) is 7.05 Å². The molecule has 0 aliphatic rings. The molecule has 112 valence electrons. The summed E-state index contributed by atoms with van der Waals surface area (Å²) in [5.41, 5.74) is 5.09. The highest BCUT2D eigenvalue weighted by Crippen LogP contribution is 2.31. The molecule has 0 aliphatic heterocycles. The number of benzene rings is 1. The van der Waals surface area contributed by atoms with Crippen molar-refractivity contribution in [2.24, 2.45) is 7.05 Å². The van der Waals surface area contributed by atoms with Crippen LogP contribution in [0.2, 0.25) is 0 Å². The van der Waals surface area contributed by atoms with Crippen molar-refractivity contribution in [3.05, 3.63) is 53.2 Å². The number of pyridine rings is 1. The van der Waals surface area contributed by atoms with E-state index in [0.717, 1.165) is 29.7 Å². The van der Waals surface area contributed by atoms with E-state index in [9.17, 15) is 0 Å². The van der Waals surface area contributed by atoms with E-state index in [2.05, 4.69) is 50.7 Å². The summed E-state index contributed by atoms with van der Waals surface area (Å²) in [5.74, 6) is 0. The maximum atomic E-state index is 7.55. The lowest BCUT2D eigenvalue weighted by molar-refractivity contribution is -0.661. The van der Waals surface area contributed by atoms with Crippen LogP contribution in [0.4, 0.5) is 0 Å². The van der Waals surface area contributed by atoms with Gasteiger partial charge in [-0.25, -0.2) is 4.57 Å². The van der Waals surface area contributed by atoms with Gasteiger partial charge in [0.05, 0.1) is 0 Å². The standard InChI is InChI=1S/C20H28N/c1-7-20(5,8-2)17-10-12-19(21(6)14-17)18-11-9-15(3)13-16(18)4/h9-14H,7-8H2,1-6H3/q+1/i3D3. The highest BCUT2D eigenvalue weighted by atomic mass is 14.9. The number of rotatable bonds is 4. The molecule has 0 fully saturated rings. The zero-order valence-corrected chi connectivity index (χ0v) is 13.8. The van der Waals surface area contributed by atoms with Crippen LogP contribution >= 0.6 is 0 Å². The molecule has 0 aliphatic carbocycles. The number of hydrogen-bond donors (Lipinski definition) is 0. The van der Waals surface area contributed by atoms with E-state index in [1.165, 1.54) is 5.56 Å². The van der Waals surface area contributed by atoms with Crippen LogP contribution in [0.15, 0.2) is 36.5 Å². The monoisotopic (exact) mass is 285 g/mol. The predicted molar refractivity (Wildman–Crippen MR) is 90.5 cm³/mol. The topological polar surface area (TPSA) is 3.88 Å². The third-order valence-corrected chi connectivity index (χ3v) is 4.89. The summed E-state index contributed by atoms with van der Waals surface area (Å²) in [6, 6.07) is 9.77. The molecule has 0 amide bonds. The molecule has 1 aromatic heterocycles. The molecular weight excluding hydrogens is 254 g/mol. The summed E-state index contributed by atoms with van der Waals surface area (Å²) in [7, 11) is 2.06.